The van der Waals surface area contributed by atoms with Crippen LogP contribution < -0.4 is 0 Å². The fourth-order valence-electron chi connectivity index (χ4n) is 1.64. The summed E-state index contributed by atoms with van der Waals surface area (Å²) in [5.41, 5.74) is 1.50. The van der Waals surface area contributed by atoms with Gasteiger partial charge in [0, 0.05) is 17.3 Å². The van der Waals surface area contributed by atoms with E-state index >= 15 is 0 Å². The van der Waals surface area contributed by atoms with E-state index in [1.54, 1.807) is 12.3 Å². The molecule has 1 aromatic heterocycles. The van der Waals surface area contributed by atoms with Crippen molar-refractivity contribution in [3.05, 3.63) is 41.7 Å². The minimum Gasteiger partial charge on any atom is -0.465 e. The molecule has 1 heterocycles. The van der Waals surface area contributed by atoms with Gasteiger partial charge in [0.05, 0.1) is 12.7 Å². The number of ether oxygens (including phenoxy) is 1. The third kappa shape index (κ3) is 1.56. The van der Waals surface area contributed by atoms with Gasteiger partial charge in [-0.2, -0.15) is 0 Å². The maximum absolute atomic E-state index is 11.5. The van der Waals surface area contributed by atoms with Crippen LogP contribution in [-0.2, 0) is 4.74 Å². The minimum absolute atomic E-state index is 0.314. The second kappa shape index (κ2) is 3.69. The lowest BCUT2D eigenvalue weighted by atomic mass is 10.0. The van der Waals surface area contributed by atoms with Crippen LogP contribution in [0.1, 0.15) is 16.1 Å². The molecule has 76 valence electrons. The van der Waals surface area contributed by atoms with Crippen molar-refractivity contribution in [1.29, 1.82) is 0 Å². The molecule has 0 radical (unpaired) electrons. The molecule has 2 rings (SSSR count). The Labute approximate surface area is 87.7 Å². The second-order valence-corrected chi connectivity index (χ2v) is 3.29. The average Bonchev–Trinajstić information content (AvgIpc) is 2.28. The van der Waals surface area contributed by atoms with E-state index in [1.807, 2.05) is 25.1 Å². The highest BCUT2D eigenvalue weighted by Crippen LogP contribution is 2.20. The Bertz CT molecular complexity index is 520. The molecule has 0 unspecified atom stereocenters. The number of pyridine rings is 1. The first-order valence-corrected chi connectivity index (χ1v) is 4.66. The molecule has 0 amide bonds. The number of hydrogen-bond acceptors (Lipinski definition) is 3. The Morgan fingerprint density at radius 2 is 2.07 bits per heavy atom. The van der Waals surface area contributed by atoms with E-state index in [0.717, 1.165) is 16.5 Å². The van der Waals surface area contributed by atoms with Gasteiger partial charge in [0.1, 0.15) is 0 Å². The number of carbonyl (C=O) groups excluding carboxylic acids is 1. The van der Waals surface area contributed by atoms with Crippen molar-refractivity contribution in [2.75, 3.05) is 7.11 Å². The van der Waals surface area contributed by atoms with Gasteiger partial charge in [0.15, 0.2) is 0 Å². The van der Waals surface area contributed by atoms with Crippen molar-refractivity contribution in [1.82, 2.24) is 4.98 Å². The molecule has 3 heteroatoms. The van der Waals surface area contributed by atoms with Gasteiger partial charge in [-0.05, 0) is 24.4 Å². The van der Waals surface area contributed by atoms with Gasteiger partial charge in [0.25, 0.3) is 0 Å². The van der Waals surface area contributed by atoms with Crippen molar-refractivity contribution in [3.63, 3.8) is 0 Å². The molecule has 0 aliphatic carbocycles. The highest BCUT2D eigenvalue weighted by molar-refractivity contribution is 6.04. The Hall–Kier alpha value is -1.90. The largest absolute Gasteiger partial charge is 0.465 e. The number of fused-ring (bicyclic) bond motifs is 1. The highest BCUT2D eigenvalue weighted by Gasteiger charge is 2.10. The zero-order chi connectivity index (χ0) is 10.8. The Morgan fingerprint density at radius 1 is 1.27 bits per heavy atom. The van der Waals surface area contributed by atoms with E-state index in [2.05, 4.69) is 4.98 Å². The molecular weight excluding hydrogens is 190 g/mol. The first kappa shape index (κ1) is 9.65. The molecule has 0 aliphatic heterocycles. The molecule has 2 aromatic rings. The normalized spacial score (nSPS) is 10.3. The maximum atomic E-state index is 11.5. The number of rotatable bonds is 1. The molecule has 15 heavy (non-hydrogen) atoms. The molecular formula is C12H11NO2. The van der Waals surface area contributed by atoms with Crippen molar-refractivity contribution in [2.45, 2.75) is 6.92 Å². The number of methoxy groups -OCH3 is 1. The summed E-state index contributed by atoms with van der Waals surface area (Å²) in [5, 5.41) is 1.87. The van der Waals surface area contributed by atoms with Gasteiger partial charge in [-0.25, -0.2) is 4.79 Å². The van der Waals surface area contributed by atoms with E-state index < -0.39 is 0 Å². The van der Waals surface area contributed by atoms with E-state index in [0.29, 0.717) is 5.56 Å². The Kier molecular flexibility index (Phi) is 2.37. The SMILES string of the molecule is COC(=O)c1cccc2c(C)nccc12. The topological polar surface area (TPSA) is 39.2 Å². The van der Waals surface area contributed by atoms with Crippen molar-refractivity contribution in [2.24, 2.45) is 0 Å². The van der Waals surface area contributed by atoms with Crippen molar-refractivity contribution < 1.29 is 9.53 Å². The first-order chi connectivity index (χ1) is 7.24. The summed E-state index contributed by atoms with van der Waals surface area (Å²) >= 11 is 0. The van der Waals surface area contributed by atoms with E-state index in [9.17, 15) is 4.79 Å². The minimum atomic E-state index is -0.314. The quantitative estimate of drug-likeness (QED) is 0.665. The zero-order valence-electron chi connectivity index (χ0n) is 8.65. The van der Waals surface area contributed by atoms with E-state index in [4.69, 9.17) is 4.74 Å². The molecule has 0 atom stereocenters. The van der Waals surface area contributed by atoms with Gasteiger partial charge < -0.3 is 4.74 Å². The van der Waals surface area contributed by atoms with Crippen LogP contribution in [0.25, 0.3) is 10.8 Å². The zero-order valence-corrected chi connectivity index (χ0v) is 8.65. The van der Waals surface area contributed by atoms with E-state index in [1.165, 1.54) is 7.11 Å². The number of nitrogens with zero attached hydrogens (tertiary/aromatic N) is 1. The lowest BCUT2D eigenvalue weighted by Crippen LogP contribution is -2.02. The highest BCUT2D eigenvalue weighted by atomic mass is 16.5. The van der Waals surface area contributed by atoms with Gasteiger partial charge in [-0.3, -0.25) is 4.98 Å². The van der Waals surface area contributed by atoms with Crippen molar-refractivity contribution >= 4 is 16.7 Å². The lowest BCUT2D eigenvalue weighted by molar-refractivity contribution is 0.0603. The van der Waals surface area contributed by atoms with Gasteiger partial charge >= 0.3 is 5.97 Å². The molecule has 0 bridgehead atoms. The summed E-state index contributed by atoms with van der Waals surface area (Å²) in [6, 6.07) is 7.37. The number of aromatic nitrogens is 1. The molecule has 0 spiro atoms. The summed E-state index contributed by atoms with van der Waals surface area (Å²) in [4.78, 5) is 15.7. The maximum Gasteiger partial charge on any atom is 0.338 e. The van der Waals surface area contributed by atoms with E-state index in [-0.39, 0.29) is 5.97 Å². The monoisotopic (exact) mass is 201 g/mol. The summed E-state index contributed by atoms with van der Waals surface area (Å²) in [6.07, 6.45) is 1.70. The summed E-state index contributed by atoms with van der Waals surface area (Å²) in [5.74, 6) is -0.314. The van der Waals surface area contributed by atoms with Gasteiger partial charge in [-0.1, -0.05) is 12.1 Å². The number of aryl methyl sites for hydroxylation is 1. The van der Waals surface area contributed by atoms with Crippen LogP contribution in [0, 0.1) is 6.92 Å². The third-order valence-corrected chi connectivity index (χ3v) is 2.41. The third-order valence-electron chi connectivity index (χ3n) is 2.41. The number of esters is 1. The number of carbonyl (C=O) groups is 1. The molecule has 3 nitrogen and oxygen atoms in total. The molecule has 0 aliphatic rings. The Balaban J connectivity index is 2.77. The van der Waals surface area contributed by atoms with Crippen LogP contribution in [0.4, 0.5) is 0 Å². The van der Waals surface area contributed by atoms with Crippen LogP contribution in [0.15, 0.2) is 30.5 Å². The smallest absolute Gasteiger partial charge is 0.338 e. The second-order valence-electron chi connectivity index (χ2n) is 3.29. The van der Waals surface area contributed by atoms with Crippen molar-refractivity contribution in [3.8, 4) is 0 Å². The molecule has 1 aromatic carbocycles. The molecule has 0 saturated heterocycles. The van der Waals surface area contributed by atoms with Crippen LogP contribution in [-0.4, -0.2) is 18.1 Å². The standard InChI is InChI=1S/C12H11NO2/c1-8-9-4-3-5-11(12(14)15-2)10(9)6-7-13-8/h3-7H,1-2H3. The summed E-state index contributed by atoms with van der Waals surface area (Å²) in [6.45, 7) is 1.92. The number of benzene rings is 1. The molecule has 0 saturated carbocycles. The predicted molar refractivity (Wildman–Crippen MR) is 57.8 cm³/mol. The summed E-state index contributed by atoms with van der Waals surface area (Å²) in [7, 11) is 1.38. The predicted octanol–water partition coefficient (Wildman–Crippen LogP) is 2.33. The van der Waals surface area contributed by atoms with Gasteiger partial charge in [0.2, 0.25) is 0 Å². The average molecular weight is 201 g/mol. The fourth-order valence-corrected chi connectivity index (χ4v) is 1.64. The van der Waals surface area contributed by atoms with Crippen LogP contribution in [0.3, 0.4) is 0 Å². The Morgan fingerprint density at radius 3 is 2.80 bits per heavy atom. The molecule has 0 N–H and O–H groups in total. The van der Waals surface area contributed by atoms with Crippen LogP contribution >= 0.6 is 0 Å². The summed E-state index contributed by atoms with van der Waals surface area (Å²) < 4.78 is 4.72. The van der Waals surface area contributed by atoms with Crippen LogP contribution in [0.2, 0.25) is 0 Å². The van der Waals surface area contributed by atoms with Gasteiger partial charge in [-0.15, -0.1) is 0 Å². The first-order valence-electron chi connectivity index (χ1n) is 4.66. The number of hydrogen-bond donors (Lipinski definition) is 0. The lowest BCUT2D eigenvalue weighted by Gasteiger charge is -2.05. The molecule has 0 fully saturated rings. The van der Waals surface area contributed by atoms with Crippen LogP contribution in [0.5, 0.6) is 0 Å². The fraction of sp³-hybridized carbons (Fsp3) is 0.167.